The van der Waals surface area contributed by atoms with Crippen LogP contribution in [-0.2, 0) is 24.0 Å². The third-order valence-corrected chi connectivity index (χ3v) is 5.47. The van der Waals surface area contributed by atoms with Gasteiger partial charge in [-0.05, 0) is 38.0 Å². The molecule has 0 aliphatic rings. The Bertz CT molecular complexity index is 901. The summed E-state index contributed by atoms with van der Waals surface area (Å²) in [5.74, 6) is -4.76. The van der Waals surface area contributed by atoms with Crippen molar-refractivity contribution in [3.63, 3.8) is 0 Å². The number of carbonyl (C=O) groups is 5. The van der Waals surface area contributed by atoms with E-state index < -0.39 is 53.8 Å². The smallest absolute Gasteiger partial charge is 0.326 e. The predicted octanol–water partition coefficient (Wildman–Crippen LogP) is -4.12. The summed E-state index contributed by atoms with van der Waals surface area (Å²) in [6.45, 7) is 3.72. The van der Waals surface area contributed by atoms with Gasteiger partial charge in [0.1, 0.15) is 18.1 Å². The van der Waals surface area contributed by atoms with E-state index >= 15 is 0 Å². The van der Waals surface area contributed by atoms with Crippen molar-refractivity contribution in [1.29, 1.82) is 0 Å². The SMILES string of the molecule is CC(C)C(N)C(=O)NC(CCC(N)=O)C(=O)NC(CCCN=C(N)N)C(=O)NC(CCCN=C(N)N)C(=O)O. The number of rotatable bonds is 19. The normalized spacial score (nSPS) is 13.7. The van der Waals surface area contributed by atoms with Crippen molar-refractivity contribution >= 4 is 41.5 Å². The van der Waals surface area contributed by atoms with Crippen molar-refractivity contribution < 1.29 is 29.1 Å². The predicted molar refractivity (Wildman–Crippen MR) is 144 cm³/mol. The van der Waals surface area contributed by atoms with E-state index in [2.05, 4.69) is 25.9 Å². The summed E-state index contributed by atoms with van der Waals surface area (Å²) in [6.07, 6.45) is 0.159. The highest BCUT2D eigenvalue weighted by Crippen LogP contribution is 2.07. The molecule has 39 heavy (non-hydrogen) atoms. The standard InChI is InChI=1S/C22H43N11O6/c1-11(2)16(24)19(37)32-13(7-8-15(23)34)18(36)31-12(5-3-9-29-21(25)26)17(35)33-14(20(38)39)6-4-10-30-22(27)28/h11-14,16H,3-10,24H2,1-2H3,(H2,23,34)(H,31,36)(H,32,37)(H,33,35)(H,38,39)(H4,25,26,29)(H4,27,28,30). The van der Waals surface area contributed by atoms with Crippen molar-refractivity contribution in [1.82, 2.24) is 16.0 Å². The van der Waals surface area contributed by atoms with Crippen LogP contribution >= 0.6 is 0 Å². The van der Waals surface area contributed by atoms with Gasteiger partial charge in [-0.3, -0.25) is 29.2 Å². The third-order valence-electron chi connectivity index (χ3n) is 5.47. The number of amides is 4. The number of hydrogen-bond acceptors (Lipinski definition) is 8. The summed E-state index contributed by atoms with van der Waals surface area (Å²) < 4.78 is 0. The monoisotopic (exact) mass is 557 g/mol. The molecular formula is C22H43N11O6. The largest absolute Gasteiger partial charge is 0.480 e. The second-order valence-electron chi connectivity index (χ2n) is 9.19. The molecule has 0 aromatic carbocycles. The molecule has 0 saturated heterocycles. The lowest BCUT2D eigenvalue weighted by atomic mass is 10.0. The second kappa shape index (κ2) is 18.2. The Morgan fingerprint density at radius 3 is 1.51 bits per heavy atom. The van der Waals surface area contributed by atoms with Crippen LogP contribution in [0.5, 0.6) is 0 Å². The maximum Gasteiger partial charge on any atom is 0.326 e. The molecule has 0 aromatic rings. The topological polar surface area (TPSA) is 323 Å². The molecule has 0 rings (SSSR count). The maximum atomic E-state index is 13.1. The molecule has 0 heterocycles. The maximum absolute atomic E-state index is 13.1. The summed E-state index contributed by atoms with van der Waals surface area (Å²) >= 11 is 0. The van der Waals surface area contributed by atoms with Crippen molar-refractivity contribution in [2.24, 2.45) is 50.3 Å². The third kappa shape index (κ3) is 15.6. The number of carboxylic acids is 1. The van der Waals surface area contributed by atoms with Crippen molar-refractivity contribution in [2.45, 2.75) is 76.5 Å². The highest BCUT2D eigenvalue weighted by molar-refractivity contribution is 5.94. The van der Waals surface area contributed by atoms with Gasteiger partial charge in [0.2, 0.25) is 23.6 Å². The van der Waals surface area contributed by atoms with Gasteiger partial charge in [0.15, 0.2) is 11.9 Å². The number of hydrogen-bond donors (Lipinski definition) is 10. The van der Waals surface area contributed by atoms with E-state index in [-0.39, 0.29) is 69.5 Å². The van der Waals surface area contributed by atoms with E-state index in [1.54, 1.807) is 13.8 Å². The Hall–Kier alpha value is -4.15. The zero-order chi connectivity index (χ0) is 30.1. The first-order valence-corrected chi connectivity index (χ1v) is 12.4. The fraction of sp³-hybridized carbons (Fsp3) is 0.682. The van der Waals surface area contributed by atoms with E-state index in [0.29, 0.717) is 0 Å². The molecule has 4 amide bonds. The number of carboxylic acid groups (broad SMARTS) is 1. The van der Waals surface area contributed by atoms with Gasteiger partial charge in [0.25, 0.3) is 0 Å². The first-order valence-electron chi connectivity index (χ1n) is 12.4. The number of aliphatic carboxylic acids is 1. The molecule has 4 unspecified atom stereocenters. The Balaban J connectivity index is 5.70. The first-order chi connectivity index (χ1) is 18.1. The highest BCUT2D eigenvalue weighted by Gasteiger charge is 2.30. The van der Waals surface area contributed by atoms with Crippen molar-refractivity contribution in [2.75, 3.05) is 13.1 Å². The summed E-state index contributed by atoms with van der Waals surface area (Å²) in [4.78, 5) is 69.3. The molecule has 17 heteroatoms. The lowest BCUT2D eigenvalue weighted by molar-refractivity contribution is -0.142. The molecule has 0 spiro atoms. The molecule has 0 saturated carbocycles. The van der Waals surface area contributed by atoms with Gasteiger partial charge in [0, 0.05) is 19.5 Å². The second-order valence-corrected chi connectivity index (χ2v) is 9.19. The van der Waals surface area contributed by atoms with Crippen molar-refractivity contribution in [3.8, 4) is 0 Å². The molecule has 4 atom stereocenters. The Kier molecular flexibility index (Phi) is 16.2. The zero-order valence-corrected chi connectivity index (χ0v) is 22.4. The minimum Gasteiger partial charge on any atom is -0.480 e. The lowest BCUT2D eigenvalue weighted by Gasteiger charge is -2.25. The van der Waals surface area contributed by atoms with Crippen LogP contribution in [0.1, 0.15) is 52.4 Å². The molecule has 0 bridgehead atoms. The van der Waals surface area contributed by atoms with E-state index in [1.807, 2.05) is 0 Å². The van der Waals surface area contributed by atoms with Crippen LogP contribution in [0.25, 0.3) is 0 Å². The Labute approximate surface area is 226 Å². The zero-order valence-electron chi connectivity index (χ0n) is 22.4. The fourth-order valence-corrected chi connectivity index (χ4v) is 3.20. The van der Waals surface area contributed by atoms with Gasteiger partial charge in [-0.25, -0.2) is 4.79 Å². The molecular weight excluding hydrogens is 514 g/mol. The number of nitrogens with zero attached hydrogens (tertiary/aromatic N) is 2. The summed E-state index contributed by atoms with van der Waals surface area (Å²) in [5, 5.41) is 16.9. The summed E-state index contributed by atoms with van der Waals surface area (Å²) in [5.41, 5.74) is 32.2. The first kappa shape index (κ1) is 34.9. The average Bonchev–Trinajstić information content (AvgIpc) is 2.83. The minimum absolute atomic E-state index is 0.0108. The summed E-state index contributed by atoms with van der Waals surface area (Å²) in [6, 6.07) is -4.68. The number of aliphatic imine (C=N–C) groups is 2. The molecule has 16 N–H and O–H groups in total. The van der Waals surface area contributed by atoms with Gasteiger partial charge in [-0.1, -0.05) is 13.8 Å². The number of carbonyl (C=O) groups excluding carboxylic acids is 4. The number of nitrogens with one attached hydrogen (secondary N) is 3. The quantitative estimate of drug-likeness (QED) is 0.0413. The van der Waals surface area contributed by atoms with Gasteiger partial charge in [0.05, 0.1) is 6.04 Å². The van der Waals surface area contributed by atoms with E-state index in [1.165, 1.54) is 0 Å². The van der Waals surface area contributed by atoms with Crippen LogP contribution < -0.4 is 50.4 Å². The van der Waals surface area contributed by atoms with Crippen LogP contribution in [0.15, 0.2) is 9.98 Å². The van der Waals surface area contributed by atoms with Crippen LogP contribution in [0.4, 0.5) is 0 Å². The van der Waals surface area contributed by atoms with Gasteiger partial charge in [-0.15, -0.1) is 0 Å². The van der Waals surface area contributed by atoms with E-state index in [0.717, 1.165) is 0 Å². The van der Waals surface area contributed by atoms with Gasteiger partial charge < -0.3 is 55.5 Å². The lowest BCUT2D eigenvalue weighted by Crippen LogP contribution is -2.57. The van der Waals surface area contributed by atoms with Crippen LogP contribution in [0.2, 0.25) is 0 Å². The van der Waals surface area contributed by atoms with Crippen LogP contribution in [-0.4, -0.2) is 83.9 Å². The van der Waals surface area contributed by atoms with Crippen molar-refractivity contribution in [3.05, 3.63) is 0 Å². The van der Waals surface area contributed by atoms with Crippen LogP contribution in [0.3, 0.4) is 0 Å². The molecule has 0 aliphatic carbocycles. The number of guanidine groups is 2. The Morgan fingerprint density at radius 1 is 0.692 bits per heavy atom. The van der Waals surface area contributed by atoms with E-state index in [9.17, 15) is 29.1 Å². The molecule has 0 aliphatic heterocycles. The number of nitrogens with two attached hydrogens (primary N) is 6. The number of primary amides is 1. The van der Waals surface area contributed by atoms with E-state index in [4.69, 9.17) is 34.4 Å². The average molecular weight is 558 g/mol. The molecule has 0 radical (unpaired) electrons. The minimum atomic E-state index is -1.30. The van der Waals surface area contributed by atoms with Gasteiger partial charge >= 0.3 is 5.97 Å². The summed E-state index contributed by atoms with van der Waals surface area (Å²) in [7, 11) is 0. The fourth-order valence-electron chi connectivity index (χ4n) is 3.20. The van der Waals surface area contributed by atoms with Gasteiger partial charge in [-0.2, -0.15) is 0 Å². The molecule has 0 fully saturated rings. The molecule has 0 aromatic heterocycles. The Morgan fingerprint density at radius 2 is 1.10 bits per heavy atom. The molecule has 222 valence electrons. The highest BCUT2D eigenvalue weighted by atomic mass is 16.4. The van der Waals surface area contributed by atoms with Crippen LogP contribution in [0, 0.1) is 5.92 Å². The molecule has 17 nitrogen and oxygen atoms in total.